The van der Waals surface area contributed by atoms with Crippen molar-refractivity contribution in [2.24, 2.45) is 0 Å². The van der Waals surface area contributed by atoms with Crippen LogP contribution in [0.5, 0.6) is 0 Å². The molecule has 2 N–H and O–H groups in total. The number of nitrogens with zero attached hydrogens (tertiary/aromatic N) is 1. The summed E-state index contributed by atoms with van der Waals surface area (Å²) in [6.45, 7) is 1.86. The van der Waals surface area contributed by atoms with Crippen LogP contribution in [0.4, 0.5) is 11.4 Å². The van der Waals surface area contributed by atoms with Gasteiger partial charge >= 0.3 is 0 Å². The smallest absolute Gasteiger partial charge is 0.272 e. The van der Waals surface area contributed by atoms with Crippen LogP contribution in [-0.2, 0) is 10.0 Å². The van der Waals surface area contributed by atoms with Crippen molar-refractivity contribution in [2.75, 3.05) is 10.0 Å². The van der Waals surface area contributed by atoms with E-state index in [0.717, 1.165) is 9.87 Å². The number of sulfonamides is 1. The summed E-state index contributed by atoms with van der Waals surface area (Å²) in [6.07, 6.45) is 0. The maximum Gasteiger partial charge on any atom is 0.272 e. The van der Waals surface area contributed by atoms with E-state index in [1.165, 1.54) is 18.2 Å². The first-order valence-corrected chi connectivity index (χ1v) is 9.41. The summed E-state index contributed by atoms with van der Waals surface area (Å²) in [7, 11) is -4.14. The number of carbonyl (C=O) groups excluding carboxylic acids is 1. The van der Waals surface area contributed by atoms with Crippen molar-refractivity contribution >= 4 is 27.3 Å². The van der Waals surface area contributed by atoms with Gasteiger partial charge in [-0.2, -0.15) is 4.31 Å². The summed E-state index contributed by atoms with van der Waals surface area (Å²) in [4.78, 5) is 13.1. The minimum Gasteiger partial charge on any atom is -0.397 e. The van der Waals surface area contributed by atoms with Crippen molar-refractivity contribution in [1.82, 2.24) is 0 Å². The number of nitrogen functional groups attached to an aromatic ring is 1. The first-order valence-electron chi connectivity index (χ1n) is 7.97. The lowest BCUT2D eigenvalue weighted by Gasteiger charge is -2.24. The molecule has 1 amide bonds. The molecule has 0 aliphatic carbocycles. The Labute approximate surface area is 152 Å². The molecule has 0 aliphatic heterocycles. The fourth-order valence-corrected chi connectivity index (χ4v) is 3.97. The minimum absolute atomic E-state index is 0.0237. The van der Waals surface area contributed by atoms with Gasteiger partial charge < -0.3 is 5.73 Å². The van der Waals surface area contributed by atoms with Gasteiger partial charge in [0.1, 0.15) is 0 Å². The van der Waals surface area contributed by atoms with Gasteiger partial charge in [0.15, 0.2) is 0 Å². The molecule has 0 bridgehead atoms. The van der Waals surface area contributed by atoms with Gasteiger partial charge in [0, 0.05) is 5.56 Å². The number of benzene rings is 3. The van der Waals surface area contributed by atoms with Crippen molar-refractivity contribution in [3.05, 3.63) is 90.0 Å². The van der Waals surface area contributed by atoms with Gasteiger partial charge in [-0.05, 0) is 43.3 Å². The normalized spacial score (nSPS) is 11.1. The predicted molar refractivity (Wildman–Crippen MR) is 102 cm³/mol. The number of hydrogen-bond acceptors (Lipinski definition) is 4. The molecule has 5 nitrogen and oxygen atoms in total. The van der Waals surface area contributed by atoms with Crippen LogP contribution >= 0.6 is 0 Å². The molecule has 3 rings (SSSR count). The van der Waals surface area contributed by atoms with Gasteiger partial charge in [-0.15, -0.1) is 0 Å². The van der Waals surface area contributed by atoms with Gasteiger partial charge in [-0.1, -0.05) is 48.0 Å². The third-order valence-corrected chi connectivity index (χ3v) is 5.63. The Hall–Kier alpha value is -3.12. The highest BCUT2D eigenvalue weighted by Gasteiger charge is 2.32. The van der Waals surface area contributed by atoms with Crippen LogP contribution in [0.3, 0.4) is 0 Å². The molecule has 0 spiro atoms. The summed E-state index contributed by atoms with van der Waals surface area (Å²) in [5.74, 6) is -0.663. The SMILES string of the molecule is Cc1ccc(S(=O)(=O)N(C(=O)c2ccccc2)c2ccccc2N)cc1. The summed E-state index contributed by atoms with van der Waals surface area (Å²) >= 11 is 0. The summed E-state index contributed by atoms with van der Waals surface area (Å²) < 4.78 is 27.3. The molecule has 0 radical (unpaired) electrons. The lowest BCUT2D eigenvalue weighted by Crippen LogP contribution is -2.37. The maximum absolute atomic E-state index is 13.3. The molecule has 6 heteroatoms. The van der Waals surface area contributed by atoms with Gasteiger partial charge in [-0.25, -0.2) is 8.42 Å². The average molecular weight is 366 g/mol. The van der Waals surface area contributed by atoms with E-state index in [2.05, 4.69) is 0 Å². The zero-order chi connectivity index (χ0) is 18.7. The Morgan fingerprint density at radius 2 is 1.42 bits per heavy atom. The lowest BCUT2D eigenvalue weighted by molar-refractivity contribution is 0.101. The van der Waals surface area contributed by atoms with Crippen LogP contribution in [0.2, 0.25) is 0 Å². The third-order valence-electron chi connectivity index (χ3n) is 3.92. The standard InChI is InChI=1S/C20H18N2O3S/c1-15-11-13-17(14-12-15)26(24,25)22(19-10-6-5-9-18(19)21)20(23)16-7-3-2-4-8-16/h2-14H,21H2,1H3. The molecule has 0 saturated heterocycles. The number of nitrogens with two attached hydrogens (primary N) is 1. The van der Waals surface area contributed by atoms with E-state index in [1.807, 2.05) is 6.92 Å². The molecule has 26 heavy (non-hydrogen) atoms. The highest BCUT2D eigenvalue weighted by molar-refractivity contribution is 7.93. The largest absolute Gasteiger partial charge is 0.397 e. The number of rotatable bonds is 4. The second-order valence-corrected chi connectivity index (χ2v) is 7.60. The second-order valence-electron chi connectivity index (χ2n) is 5.81. The third kappa shape index (κ3) is 3.32. The van der Waals surface area contributed by atoms with Crippen LogP contribution < -0.4 is 10.0 Å². The monoisotopic (exact) mass is 366 g/mol. The van der Waals surface area contributed by atoms with E-state index >= 15 is 0 Å². The van der Waals surface area contributed by atoms with Crippen LogP contribution in [0.15, 0.2) is 83.8 Å². The molecule has 0 aliphatic rings. The molecule has 0 fully saturated rings. The van der Waals surface area contributed by atoms with Gasteiger partial charge in [0.25, 0.3) is 15.9 Å². The van der Waals surface area contributed by atoms with Crippen molar-refractivity contribution < 1.29 is 13.2 Å². The van der Waals surface area contributed by atoms with Crippen LogP contribution in [-0.4, -0.2) is 14.3 Å². The molecule has 3 aromatic carbocycles. The number of aryl methyl sites for hydroxylation is 1. The lowest BCUT2D eigenvalue weighted by atomic mass is 10.2. The Morgan fingerprint density at radius 1 is 0.846 bits per heavy atom. The van der Waals surface area contributed by atoms with E-state index in [0.29, 0.717) is 0 Å². The minimum atomic E-state index is -4.14. The Morgan fingerprint density at radius 3 is 2.04 bits per heavy atom. The summed E-state index contributed by atoms with van der Waals surface area (Å²) in [6, 6.07) is 21.0. The van der Waals surface area contributed by atoms with Crippen molar-refractivity contribution in [2.45, 2.75) is 11.8 Å². The van der Waals surface area contributed by atoms with E-state index in [1.54, 1.807) is 60.7 Å². The first-order chi connectivity index (χ1) is 12.4. The van der Waals surface area contributed by atoms with Crippen LogP contribution in [0.1, 0.15) is 15.9 Å². The Bertz CT molecular complexity index is 1030. The molecule has 3 aromatic rings. The van der Waals surface area contributed by atoms with Crippen LogP contribution in [0.25, 0.3) is 0 Å². The van der Waals surface area contributed by atoms with E-state index in [4.69, 9.17) is 5.73 Å². The molecule has 0 unspecified atom stereocenters. The molecule has 0 saturated carbocycles. The van der Waals surface area contributed by atoms with E-state index in [9.17, 15) is 13.2 Å². The summed E-state index contributed by atoms with van der Waals surface area (Å²) in [5, 5.41) is 0. The molecule has 0 atom stereocenters. The topological polar surface area (TPSA) is 80.5 Å². The van der Waals surface area contributed by atoms with Crippen LogP contribution in [0, 0.1) is 6.92 Å². The number of carbonyl (C=O) groups is 1. The highest BCUT2D eigenvalue weighted by atomic mass is 32.2. The predicted octanol–water partition coefficient (Wildman–Crippen LogP) is 3.61. The van der Waals surface area contributed by atoms with Gasteiger partial charge in [0.05, 0.1) is 16.3 Å². The molecule has 0 aromatic heterocycles. The maximum atomic E-state index is 13.3. The highest BCUT2D eigenvalue weighted by Crippen LogP contribution is 2.30. The molecule has 132 valence electrons. The van der Waals surface area contributed by atoms with Crippen molar-refractivity contribution in [3.63, 3.8) is 0 Å². The fraction of sp³-hybridized carbons (Fsp3) is 0.0500. The van der Waals surface area contributed by atoms with Crippen molar-refractivity contribution in [1.29, 1.82) is 0 Å². The number of para-hydroxylation sites is 2. The van der Waals surface area contributed by atoms with Crippen molar-refractivity contribution in [3.8, 4) is 0 Å². The number of hydrogen-bond donors (Lipinski definition) is 1. The number of amides is 1. The first kappa shape index (κ1) is 17.7. The zero-order valence-electron chi connectivity index (χ0n) is 14.2. The summed E-state index contributed by atoms with van der Waals surface area (Å²) in [5.41, 5.74) is 7.48. The Balaban J connectivity index is 2.19. The van der Waals surface area contributed by atoms with Gasteiger partial charge in [-0.3, -0.25) is 4.79 Å². The quantitative estimate of drug-likeness (QED) is 0.715. The molecular formula is C20H18N2O3S. The zero-order valence-corrected chi connectivity index (χ0v) is 15.0. The second kappa shape index (κ2) is 7.01. The van der Waals surface area contributed by atoms with E-state index < -0.39 is 15.9 Å². The number of anilines is 2. The Kier molecular flexibility index (Phi) is 4.77. The van der Waals surface area contributed by atoms with E-state index in [-0.39, 0.29) is 21.8 Å². The average Bonchev–Trinajstić information content (AvgIpc) is 2.64. The fourth-order valence-electron chi connectivity index (χ4n) is 2.53. The molecule has 0 heterocycles. The molecular weight excluding hydrogens is 348 g/mol. The van der Waals surface area contributed by atoms with Gasteiger partial charge in [0.2, 0.25) is 0 Å².